The van der Waals surface area contributed by atoms with Crippen LogP contribution in [0, 0.1) is 105 Å². The molecule has 0 saturated carbocycles. The summed E-state index contributed by atoms with van der Waals surface area (Å²) in [5, 5.41) is 10.6. The van der Waals surface area contributed by atoms with Gasteiger partial charge in [-0.3, -0.25) is 10.1 Å². The molecule has 1 aromatic rings. The highest BCUT2D eigenvalue weighted by molar-refractivity contribution is 5.64. The van der Waals surface area contributed by atoms with Gasteiger partial charge >= 0.3 is 6.16 Å². The predicted molar refractivity (Wildman–Crippen MR) is 128 cm³/mol. The van der Waals surface area contributed by atoms with Crippen LogP contribution in [0.2, 0.25) is 0 Å². The molecule has 8 heteroatoms. The van der Waals surface area contributed by atoms with Crippen LogP contribution in [0.1, 0.15) is 6.92 Å². The maximum atomic E-state index is 11.7. The van der Waals surface area contributed by atoms with Gasteiger partial charge in [0, 0.05) is 12.1 Å². The first kappa shape index (κ1) is 26.5. The molecule has 2 atom stereocenters. The average molecular weight is 475 g/mol. The molecule has 1 aromatic carbocycles. The molecule has 36 heavy (non-hydrogen) atoms. The molecule has 1 heterocycles. The van der Waals surface area contributed by atoms with Gasteiger partial charge in [0.25, 0.3) is 5.69 Å². The smallest absolute Gasteiger partial charge is 0.431 e. The topological polar surface area (TPSA) is 97.1 Å². The Morgan fingerprint density at radius 1 is 0.917 bits per heavy atom. The Labute approximate surface area is 208 Å². The van der Waals surface area contributed by atoms with Gasteiger partial charge in [0.15, 0.2) is 0 Å². The lowest BCUT2D eigenvalue weighted by Gasteiger charge is -2.09. The Hall–Kier alpha value is -5.71. The summed E-state index contributed by atoms with van der Waals surface area (Å²) in [6.07, 6.45) is -2.36. The molecule has 1 aliphatic rings. The quantitative estimate of drug-likeness (QED) is 0.216. The molecule has 0 amide bonds. The summed E-state index contributed by atoms with van der Waals surface area (Å²) in [6.45, 7) is 1.70. The second-order valence-electron chi connectivity index (χ2n) is 5.98. The van der Waals surface area contributed by atoms with Crippen molar-refractivity contribution in [2.24, 2.45) is 0 Å². The van der Waals surface area contributed by atoms with E-state index in [9.17, 15) is 14.9 Å². The number of ether oxygens (including phenoxy) is 4. The predicted octanol–water partition coefficient (Wildman–Crippen LogP) is 1.90. The third-order valence-corrected chi connectivity index (χ3v) is 3.51. The van der Waals surface area contributed by atoms with Crippen LogP contribution in [0.5, 0.6) is 5.75 Å². The molecular weight excluding hydrogens is 462 g/mol. The zero-order chi connectivity index (χ0) is 25.8. The lowest BCUT2D eigenvalue weighted by molar-refractivity contribution is -0.384. The molecule has 0 N–H and O–H groups in total. The summed E-state index contributed by atoms with van der Waals surface area (Å²) in [5.41, 5.74) is -0.127. The first-order valence-corrected chi connectivity index (χ1v) is 9.87. The molecule has 172 valence electrons. The molecule has 1 fully saturated rings. The minimum atomic E-state index is -0.986. The highest BCUT2D eigenvalue weighted by Crippen LogP contribution is 2.18. The van der Waals surface area contributed by atoms with Crippen molar-refractivity contribution in [1.29, 1.82) is 0 Å². The van der Waals surface area contributed by atoms with Crippen LogP contribution < -0.4 is 4.74 Å². The van der Waals surface area contributed by atoms with E-state index in [0.29, 0.717) is 0 Å². The number of nitro groups is 1. The van der Waals surface area contributed by atoms with E-state index in [1.807, 2.05) is 0 Å². The van der Waals surface area contributed by atoms with Crippen molar-refractivity contribution in [2.75, 3.05) is 13.2 Å². The lowest BCUT2D eigenvalue weighted by atomic mass is 10.3. The maximum Gasteiger partial charge on any atom is 0.513 e. The highest BCUT2D eigenvalue weighted by atomic mass is 16.8. The van der Waals surface area contributed by atoms with Crippen molar-refractivity contribution in [3.63, 3.8) is 0 Å². The minimum absolute atomic E-state index is 0.104. The van der Waals surface area contributed by atoms with Gasteiger partial charge in [-0.05, 0) is 108 Å². The number of hydrogen-bond acceptors (Lipinski definition) is 7. The van der Waals surface area contributed by atoms with E-state index in [1.165, 1.54) is 24.3 Å². The van der Waals surface area contributed by atoms with E-state index in [2.05, 4.69) is 94.7 Å². The van der Waals surface area contributed by atoms with E-state index >= 15 is 0 Å². The third-order valence-electron chi connectivity index (χ3n) is 3.51. The third kappa shape index (κ3) is 11.2. The van der Waals surface area contributed by atoms with Crippen LogP contribution in [0.15, 0.2) is 24.3 Å². The zero-order valence-electron chi connectivity index (χ0n) is 18.7. The fourth-order valence-corrected chi connectivity index (χ4v) is 2.07. The molecule has 8 nitrogen and oxygen atoms in total. The van der Waals surface area contributed by atoms with Crippen molar-refractivity contribution in [2.45, 2.75) is 19.3 Å². The molecule has 0 radical (unpaired) electrons. The zero-order valence-corrected chi connectivity index (χ0v) is 18.7. The Morgan fingerprint density at radius 3 is 1.97 bits per heavy atom. The highest BCUT2D eigenvalue weighted by Gasteiger charge is 2.26. The van der Waals surface area contributed by atoms with Gasteiger partial charge in [0.1, 0.15) is 18.5 Å². The van der Waals surface area contributed by atoms with Gasteiger partial charge in [-0.1, -0.05) is 5.92 Å². The van der Waals surface area contributed by atoms with Gasteiger partial charge in [-0.2, -0.15) is 0 Å². The summed E-state index contributed by atoms with van der Waals surface area (Å²) in [6, 6.07) is 4.98. The van der Waals surface area contributed by atoms with Crippen molar-refractivity contribution >= 4 is 11.8 Å². The summed E-state index contributed by atoms with van der Waals surface area (Å²) in [7, 11) is 0. The number of benzene rings is 1. The molecule has 0 aromatic heterocycles. The van der Waals surface area contributed by atoms with Gasteiger partial charge in [-0.25, -0.2) is 4.79 Å². The van der Waals surface area contributed by atoms with Gasteiger partial charge in [-0.15, -0.1) is 0 Å². The number of rotatable bonds is 4. The van der Waals surface area contributed by atoms with E-state index < -0.39 is 23.5 Å². The number of carbonyl (C=O) groups is 1. The average Bonchev–Trinajstić information content (AvgIpc) is 3.33. The van der Waals surface area contributed by atoms with Crippen molar-refractivity contribution < 1.29 is 28.7 Å². The summed E-state index contributed by atoms with van der Waals surface area (Å²) < 4.78 is 20.6. The first-order chi connectivity index (χ1) is 17.6. The number of nitrogens with zero attached hydrogens (tertiary/aromatic N) is 1. The van der Waals surface area contributed by atoms with Gasteiger partial charge in [0.2, 0.25) is 6.29 Å². The van der Waals surface area contributed by atoms with Crippen LogP contribution in [0.3, 0.4) is 0 Å². The lowest BCUT2D eigenvalue weighted by Crippen LogP contribution is -2.23. The summed E-state index contributed by atoms with van der Waals surface area (Å²) >= 11 is 0. The minimum Gasteiger partial charge on any atom is -0.431 e. The first-order valence-electron chi connectivity index (χ1n) is 9.87. The SMILES string of the molecule is CC#CC#CC#CC#CC#CC#CC#CC#CC1OCC(COC(=O)Oc2ccc([N+](=O)[O-])cc2)O1. The normalized spacial score (nSPS) is 13.7. The fourth-order valence-electron chi connectivity index (χ4n) is 2.07. The van der Waals surface area contributed by atoms with Crippen molar-refractivity contribution in [1.82, 2.24) is 0 Å². The van der Waals surface area contributed by atoms with Crippen molar-refractivity contribution in [3.05, 3.63) is 34.4 Å². The van der Waals surface area contributed by atoms with Crippen LogP contribution in [0.25, 0.3) is 0 Å². The number of hydrogen-bond donors (Lipinski definition) is 0. The van der Waals surface area contributed by atoms with E-state index in [1.54, 1.807) is 6.92 Å². The van der Waals surface area contributed by atoms with Gasteiger partial charge in [0.05, 0.1) is 11.5 Å². The number of nitro benzene ring substituents is 1. The molecule has 2 unspecified atom stereocenters. The van der Waals surface area contributed by atoms with Crippen molar-refractivity contribution in [3.8, 4) is 100 Å². The van der Waals surface area contributed by atoms with Gasteiger partial charge < -0.3 is 18.9 Å². The monoisotopic (exact) mass is 475 g/mol. The molecule has 0 aliphatic carbocycles. The Kier molecular flexibility index (Phi) is 11.8. The second kappa shape index (κ2) is 16.0. The molecule has 1 aliphatic heterocycles. The fraction of sp³-hybridized carbons (Fsp3) is 0.179. The molecular formula is C28H13NO7. The largest absolute Gasteiger partial charge is 0.513 e. The standard InChI is InChI=1S/C28H13NO7/c1-2-3-4-5-6-7-8-9-10-11-12-13-14-15-16-17-27-33-22-26(35-27)23-34-28(30)36-25-20-18-24(19-21-25)29(31)32/h18-21,26-27H,22-23H2,1H3. The second-order valence-corrected chi connectivity index (χ2v) is 5.98. The molecule has 0 bridgehead atoms. The number of carbonyl (C=O) groups excluding carboxylic acids is 1. The van der Waals surface area contributed by atoms with Crippen LogP contribution in [-0.2, 0) is 14.2 Å². The number of non-ortho nitro benzene ring substituents is 1. The van der Waals surface area contributed by atoms with E-state index in [4.69, 9.17) is 18.9 Å². The molecule has 0 spiro atoms. The summed E-state index contributed by atoms with van der Waals surface area (Å²) in [5.74, 6) is 40.4. The van der Waals surface area contributed by atoms with Crippen LogP contribution in [-0.4, -0.2) is 36.7 Å². The molecule has 1 saturated heterocycles. The molecule has 2 rings (SSSR count). The Bertz CT molecular complexity index is 1500. The Morgan fingerprint density at radius 2 is 1.44 bits per heavy atom. The summed E-state index contributed by atoms with van der Waals surface area (Å²) in [4.78, 5) is 21.8. The Balaban J connectivity index is 1.69. The van der Waals surface area contributed by atoms with Crippen LogP contribution in [0.4, 0.5) is 10.5 Å². The van der Waals surface area contributed by atoms with Crippen LogP contribution >= 0.6 is 0 Å². The van der Waals surface area contributed by atoms with E-state index in [0.717, 1.165) is 0 Å². The van der Waals surface area contributed by atoms with E-state index in [-0.39, 0.29) is 24.7 Å². The maximum absolute atomic E-state index is 11.7.